The van der Waals surface area contributed by atoms with Crippen LogP contribution in [0.25, 0.3) is 0 Å². The molecule has 23 heteroatoms. The molecule has 17 atom stereocenters. The van der Waals surface area contributed by atoms with E-state index in [1.807, 2.05) is 0 Å². The van der Waals surface area contributed by atoms with E-state index in [4.69, 9.17) is 47.4 Å². The van der Waals surface area contributed by atoms with Gasteiger partial charge in [-0.2, -0.15) is 0 Å². The molecule has 8 rings (SSSR count). The van der Waals surface area contributed by atoms with Gasteiger partial charge in [0.05, 0.1) is 51.3 Å². The molecular formula is C44H56O23. The number of esters is 2. The van der Waals surface area contributed by atoms with Crippen LogP contribution in [0.1, 0.15) is 24.5 Å². The SMILES string of the molecule is C/C=C1/[C@H](OC2O[C@H](CO)[C@H](O)[C@H](O[C@@H]3O[C@H](CO)[C@@H](O)[C@H](O)[C@H]3O)[C@H]2O)OC=C2C(=O)OCCc3ccc(cc3)Oc3cc(ccc3O[C@@H]3O[C@H](CO)[C@@H](O)[C@H](O)[C@H]3O)CCOC(=O)C[C@H]21. The highest BCUT2D eigenvalue weighted by molar-refractivity contribution is 5.91. The highest BCUT2D eigenvalue weighted by atomic mass is 16.8. The van der Waals surface area contributed by atoms with Crippen molar-refractivity contribution in [3.63, 3.8) is 0 Å². The molecule has 67 heavy (non-hydrogen) atoms. The molecule has 2 aromatic rings. The number of aliphatic hydroxyl groups excluding tert-OH is 11. The summed E-state index contributed by atoms with van der Waals surface area (Å²) in [5.74, 6) is -2.13. The summed E-state index contributed by atoms with van der Waals surface area (Å²) < 4.78 is 57.5. The summed E-state index contributed by atoms with van der Waals surface area (Å²) in [5, 5.41) is 114. The minimum Gasteiger partial charge on any atom is -0.468 e. The van der Waals surface area contributed by atoms with E-state index >= 15 is 0 Å². The second kappa shape index (κ2) is 22.4. The van der Waals surface area contributed by atoms with Gasteiger partial charge in [-0.05, 0) is 42.3 Å². The van der Waals surface area contributed by atoms with Gasteiger partial charge in [0.15, 0.2) is 24.1 Å². The molecule has 370 valence electrons. The van der Waals surface area contributed by atoms with Crippen LogP contribution in [0.5, 0.6) is 17.2 Å². The van der Waals surface area contributed by atoms with Gasteiger partial charge in [-0.1, -0.05) is 24.3 Å². The molecule has 6 aliphatic heterocycles. The van der Waals surface area contributed by atoms with E-state index in [1.165, 1.54) is 12.1 Å². The quantitative estimate of drug-likeness (QED) is 0.0865. The molecule has 0 spiro atoms. The number of aliphatic hydroxyl groups is 11. The average Bonchev–Trinajstić information content (AvgIpc) is 3.32. The van der Waals surface area contributed by atoms with Crippen molar-refractivity contribution in [2.45, 2.75) is 125 Å². The largest absolute Gasteiger partial charge is 0.468 e. The summed E-state index contributed by atoms with van der Waals surface area (Å²) >= 11 is 0. The van der Waals surface area contributed by atoms with Crippen LogP contribution in [0.4, 0.5) is 0 Å². The van der Waals surface area contributed by atoms with Gasteiger partial charge in [0.1, 0.15) is 79.0 Å². The number of hydrogen-bond acceptors (Lipinski definition) is 23. The number of rotatable bonds is 9. The number of benzene rings is 2. The lowest BCUT2D eigenvalue weighted by Crippen LogP contribution is -2.65. The van der Waals surface area contributed by atoms with Crippen molar-refractivity contribution in [1.29, 1.82) is 0 Å². The molecule has 0 radical (unpaired) electrons. The maximum Gasteiger partial charge on any atom is 0.337 e. The Morgan fingerprint density at radius 3 is 1.85 bits per heavy atom. The Balaban J connectivity index is 1.09. The third-order valence-corrected chi connectivity index (χ3v) is 12.1. The fourth-order valence-corrected chi connectivity index (χ4v) is 8.17. The lowest BCUT2D eigenvalue weighted by Gasteiger charge is -2.46. The lowest BCUT2D eigenvalue weighted by atomic mass is 9.86. The first-order chi connectivity index (χ1) is 32.1. The van der Waals surface area contributed by atoms with Crippen molar-refractivity contribution >= 4 is 11.9 Å². The predicted molar refractivity (Wildman–Crippen MR) is 219 cm³/mol. The Morgan fingerprint density at radius 1 is 0.642 bits per heavy atom. The number of allylic oxidation sites excluding steroid dienone is 1. The fraction of sp³-hybridized carbons (Fsp3) is 0.591. The Morgan fingerprint density at radius 2 is 1.21 bits per heavy atom. The van der Waals surface area contributed by atoms with E-state index in [2.05, 4.69) is 0 Å². The van der Waals surface area contributed by atoms with Crippen LogP contribution < -0.4 is 9.47 Å². The van der Waals surface area contributed by atoms with E-state index in [9.17, 15) is 65.8 Å². The molecule has 6 aliphatic rings. The third-order valence-electron chi connectivity index (χ3n) is 12.1. The Hall–Kier alpha value is -4.38. The Kier molecular flexibility index (Phi) is 16.9. The number of ether oxygens (including phenoxy) is 10. The molecular weight excluding hydrogens is 896 g/mol. The van der Waals surface area contributed by atoms with Gasteiger partial charge in [-0.3, -0.25) is 4.79 Å². The van der Waals surface area contributed by atoms with Crippen LogP contribution in [0, 0.1) is 5.92 Å². The zero-order chi connectivity index (χ0) is 48.1. The maximum atomic E-state index is 13.7. The maximum absolute atomic E-state index is 13.7. The van der Waals surface area contributed by atoms with Gasteiger partial charge in [0.2, 0.25) is 12.6 Å². The summed E-state index contributed by atoms with van der Waals surface area (Å²) in [6.45, 7) is -0.985. The first-order valence-electron chi connectivity index (χ1n) is 21.6. The molecule has 0 saturated carbocycles. The van der Waals surface area contributed by atoms with Crippen molar-refractivity contribution in [2.24, 2.45) is 5.92 Å². The van der Waals surface area contributed by atoms with Crippen molar-refractivity contribution < 1.29 is 113 Å². The first-order valence-corrected chi connectivity index (χ1v) is 21.6. The summed E-state index contributed by atoms with van der Waals surface area (Å²) in [4.78, 5) is 27.3. The molecule has 4 bridgehead atoms. The molecule has 0 aliphatic carbocycles. The molecule has 3 fully saturated rings. The number of hydrogen-bond donors (Lipinski definition) is 11. The molecule has 1 unspecified atom stereocenters. The van der Waals surface area contributed by atoms with E-state index in [0.717, 1.165) is 11.8 Å². The smallest absolute Gasteiger partial charge is 0.337 e. The molecule has 0 aromatic heterocycles. The lowest BCUT2D eigenvalue weighted by molar-refractivity contribution is -0.369. The average molecular weight is 953 g/mol. The van der Waals surface area contributed by atoms with Gasteiger partial charge in [0, 0.05) is 24.3 Å². The van der Waals surface area contributed by atoms with E-state index < -0.39 is 143 Å². The third kappa shape index (κ3) is 11.2. The molecule has 0 amide bonds. The molecule has 23 nitrogen and oxygen atoms in total. The van der Waals surface area contributed by atoms with E-state index in [0.29, 0.717) is 11.3 Å². The molecule has 3 saturated heterocycles. The highest BCUT2D eigenvalue weighted by Crippen LogP contribution is 2.39. The minimum absolute atomic E-state index is 0.0625. The Bertz CT molecular complexity index is 2040. The number of fused-ring (bicyclic) bond motifs is 9. The summed E-state index contributed by atoms with van der Waals surface area (Å²) in [5.41, 5.74) is 1.44. The van der Waals surface area contributed by atoms with Crippen LogP contribution in [0.3, 0.4) is 0 Å². The molecule has 11 N–H and O–H groups in total. The standard InChI is InChI=1S/C44H56O23/c1-2-22-23-14-30(48)58-11-10-20-5-8-25(62-42-36(54)34(52)31(49)27(15-45)63-42)26(13-20)61-21-6-3-19(4-7-21)9-12-59-40(57)24(23)18-60-41(22)67-44-38(56)39(33(51)29(17-47)65-44)66-43-37(55)35(53)32(50)28(16-46)64-43/h2-8,13,18,23,27-29,31-39,41-47,49-56H,9-12,14-17H2,1H3/b22-2+/t23-,27+,28+,29+,31+,32+,33-,34-,35-,36+,37+,38+,39-,41-,42+,43-,44?/m0/s1. The van der Waals surface area contributed by atoms with Gasteiger partial charge < -0.3 is 104 Å². The van der Waals surface area contributed by atoms with E-state index in [-0.39, 0.29) is 48.7 Å². The zero-order valence-corrected chi connectivity index (χ0v) is 36.0. The summed E-state index contributed by atoms with van der Waals surface area (Å²) in [6.07, 6.45) is -24.1. The first kappa shape index (κ1) is 50.5. The second-order valence-corrected chi connectivity index (χ2v) is 16.4. The number of carbonyl (C=O) groups excluding carboxylic acids is 2. The Labute approximate surface area is 382 Å². The van der Waals surface area contributed by atoms with Gasteiger partial charge in [-0.15, -0.1) is 0 Å². The van der Waals surface area contributed by atoms with Crippen LogP contribution in [-0.4, -0.2) is 200 Å². The predicted octanol–water partition coefficient (Wildman–Crippen LogP) is -3.32. The van der Waals surface area contributed by atoms with Crippen LogP contribution in [0.2, 0.25) is 0 Å². The highest BCUT2D eigenvalue weighted by Gasteiger charge is 2.52. The molecule has 6 heterocycles. The van der Waals surface area contributed by atoms with Crippen LogP contribution in [-0.2, 0) is 60.3 Å². The van der Waals surface area contributed by atoms with Gasteiger partial charge >= 0.3 is 11.9 Å². The summed E-state index contributed by atoms with van der Waals surface area (Å²) in [6, 6.07) is 11.5. The second-order valence-electron chi connectivity index (χ2n) is 16.4. The van der Waals surface area contributed by atoms with Gasteiger partial charge in [-0.25, -0.2) is 4.79 Å². The van der Waals surface area contributed by atoms with Crippen LogP contribution >= 0.6 is 0 Å². The number of carbonyl (C=O) groups is 2. The topological polar surface area (TPSA) is 349 Å². The fourth-order valence-electron chi connectivity index (χ4n) is 8.17. The van der Waals surface area contributed by atoms with Crippen molar-refractivity contribution in [1.82, 2.24) is 0 Å². The van der Waals surface area contributed by atoms with Crippen LogP contribution in [0.15, 0.2) is 65.9 Å². The monoisotopic (exact) mass is 952 g/mol. The molecule has 2 aromatic carbocycles. The van der Waals surface area contributed by atoms with Gasteiger partial charge in [0.25, 0.3) is 0 Å². The van der Waals surface area contributed by atoms with Crippen molar-refractivity contribution in [3.8, 4) is 17.2 Å². The zero-order valence-electron chi connectivity index (χ0n) is 36.0. The summed E-state index contributed by atoms with van der Waals surface area (Å²) in [7, 11) is 0. The normalized spacial score (nSPS) is 38.2. The van der Waals surface area contributed by atoms with Crippen molar-refractivity contribution in [2.75, 3.05) is 33.0 Å². The van der Waals surface area contributed by atoms with E-state index in [1.54, 1.807) is 43.3 Å². The van der Waals surface area contributed by atoms with Crippen molar-refractivity contribution in [3.05, 3.63) is 77.1 Å². The minimum atomic E-state index is -1.92.